The van der Waals surface area contributed by atoms with Crippen molar-refractivity contribution in [3.8, 4) is 0 Å². The zero-order valence-corrected chi connectivity index (χ0v) is 10.8. The number of nitrogens with one attached hydrogen (secondary N) is 1. The molecule has 0 radical (unpaired) electrons. The predicted octanol–water partition coefficient (Wildman–Crippen LogP) is 2.80. The summed E-state index contributed by atoms with van der Waals surface area (Å²) >= 11 is 0. The summed E-state index contributed by atoms with van der Waals surface area (Å²) in [6.45, 7) is 7.77. The Morgan fingerprint density at radius 2 is 1.88 bits per heavy atom. The lowest BCUT2D eigenvalue weighted by Crippen LogP contribution is -2.16. The lowest BCUT2D eigenvalue weighted by atomic mass is 9.97. The van der Waals surface area contributed by atoms with E-state index >= 15 is 0 Å². The van der Waals surface area contributed by atoms with Crippen LogP contribution in [0, 0.1) is 5.82 Å². The topological polar surface area (TPSA) is 32.3 Å². The Balaban J connectivity index is 0.00000106. The van der Waals surface area contributed by atoms with Gasteiger partial charge in [0.2, 0.25) is 0 Å². The van der Waals surface area contributed by atoms with Gasteiger partial charge in [0.05, 0.1) is 5.60 Å². The molecule has 2 nitrogen and oxygen atoms in total. The monoisotopic (exact) mass is 227 g/mol. The third kappa shape index (κ3) is 4.29. The smallest absolute Gasteiger partial charge is 0.128 e. The molecule has 0 unspecified atom stereocenters. The third-order valence-corrected chi connectivity index (χ3v) is 2.13. The van der Waals surface area contributed by atoms with E-state index in [1.54, 1.807) is 33.0 Å². The van der Waals surface area contributed by atoms with Crippen molar-refractivity contribution in [3.05, 3.63) is 35.1 Å². The van der Waals surface area contributed by atoms with Gasteiger partial charge >= 0.3 is 0 Å². The minimum absolute atomic E-state index is 0.279. The first kappa shape index (κ1) is 15.1. The second-order valence-electron chi connectivity index (χ2n) is 3.90. The number of hydrogen-bond donors (Lipinski definition) is 2. The molecule has 0 aliphatic carbocycles. The second kappa shape index (κ2) is 6.61. The van der Waals surface area contributed by atoms with Gasteiger partial charge in [-0.1, -0.05) is 26.0 Å². The van der Waals surface area contributed by atoms with Crippen LogP contribution in [0.25, 0.3) is 0 Å². The van der Waals surface area contributed by atoms with Gasteiger partial charge in [0, 0.05) is 12.1 Å². The maximum atomic E-state index is 13.4. The van der Waals surface area contributed by atoms with E-state index in [0.717, 1.165) is 0 Å². The molecule has 0 aliphatic rings. The van der Waals surface area contributed by atoms with Crippen molar-refractivity contribution in [2.75, 3.05) is 7.05 Å². The largest absolute Gasteiger partial charge is 0.386 e. The van der Waals surface area contributed by atoms with E-state index in [1.807, 2.05) is 13.8 Å². The van der Waals surface area contributed by atoms with Gasteiger partial charge in [0.15, 0.2) is 0 Å². The van der Waals surface area contributed by atoms with E-state index in [1.165, 1.54) is 6.07 Å². The highest BCUT2D eigenvalue weighted by Crippen LogP contribution is 2.21. The van der Waals surface area contributed by atoms with Crippen LogP contribution in [0.15, 0.2) is 18.2 Å². The standard InChI is InChI=1S/C11H16FNO.C2H6/c1-11(2,14)9-5-4-8(7-13-3)10(12)6-9;1-2/h4-6,13-14H,7H2,1-3H3;1-2H3. The summed E-state index contributed by atoms with van der Waals surface area (Å²) in [5.74, 6) is -0.279. The predicted molar refractivity (Wildman–Crippen MR) is 65.8 cm³/mol. The maximum Gasteiger partial charge on any atom is 0.128 e. The van der Waals surface area contributed by atoms with Crippen molar-refractivity contribution in [2.45, 2.75) is 39.8 Å². The van der Waals surface area contributed by atoms with E-state index < -0.39 is 5.60 Å². The normalized spacial score (nSPS) is 10.7. The van der Waals surface area contributed by atoms with Crippen LogP contribution in [-0.4, -0.2) is 12.2 Å². The lowest BCUT2D eigenvalue weighted by Gasteiger charge is -2.18. The molecule has 92 valence electrons. The van der Waals surface area contributed by atoms with Gasteiger partial charge in [0.25, 0.3) is 0 Å². The van der Waals surface area contributed by atoms with Crippen LogP contribution in [0.4, 0.5) is 4.39 Å². The van der Waals surface area contributed by atoms with Gasteiger partial charge in [-0.3, -0.25) is 0 Å². The van der Waals surface area contributed by atoms with Gasteiger partial charge in [-0.05, 0) is 32.5 Å². The quantitative estimate of drug-likeness (QED) is 0.832. The van der Waals surface area contributed by atoms with Gasteiger partial charge < -0.3 is 10.4 Å². The van der Waals surface area contributed by atoms with Gasteiger partial charge in [-0.2, -0.15) is 0 Å². The summed E-state index contributed by atoms with van der Waals surface area (Å²) in [6.07, 6.45) is 0. The molecule has 3 heteroatoms. The molecule has 0 aromatic heterocycles. The van der Waals surface area contributed by atoms with Crippen LogP contribution >= 0.6 is 0 Å². The third-order valence-electron chi connectivity index (χ3n) is 2.13. The fourth-order valence-corrected chi connectivity index (χ4v) is 1.26. The van der Waals surface area contributed by atoms with Crippen molar-refractivity contribution < 1.29 is 9.50 Å². The minimum atomic E-state index is -0.987. The number of rotatable bonds is 3. The highest BCUT2D eigenvalue weighted by Gasteiger charge is 2.17. The van der Waals surface area contributed by atoms with Crippen molar-refractivity contribution >= 4 is 0 Å². The molecule has 1 aromatic carbocycles. The summed E-state index contributed by atoms with van der Waals surface area (Å²) in [5, 5.41) is 12.5. The van der Waals surface area contributed by atoms with Crippen LogP contribution in [0.5, 0.6) is 0 Å². The van der Waals surface area contributed by atoms with Crippen LogP contribution < -0.4 is 5.32 Å². The molecule has 0 spiro atoms. The highest BCUT2D eigenvalue weighted by molar-refractivity contribution is 5.27. The fraction of sp³-hybridized carbons (Fsp3) is 0.538. The molecular formula is C13H22FNO. The summed E-state index contributed by atoms with van der Waals surface area (Å²) < 4.78 is 13.4. The Morgan fingerprint density at radius 3 is 2.25 bits per heavy atom. The first-order valence-electron chi connectivity index (χ1n) is 5.61. The Morgan fingerprint density at radius 1 is 1.31 bits per heavy atom. The SMILES string of the molecule is CC.CNCc1ccc(C(C)(C)O)cc1F. The molecule has 0 bridgehead atoms. The van der Waals surface area contributed by atoms with Crippen molar-refractivity contribution in [1.29, 1.82) is 0 Å². The molecular weight excluding hydrogens is 205 g/mol. The average Bonchev–Trinajstić information content (AvgIpc) is 2.23. The van der Waals surface area contributed by atoms with Gasteiger partial charge in [-0.25, -0.2) is 4.39 Å². The van der Waals surface area contributed by atoms with Crippen molar-refractivity contribution in [2.24, 2.45) is 0 Å². The summed E-state index contributed by atoms with van der Waals surface area (Å²) in [5.41, 5.74) is 0.217. The number of hydrogen-bond acceptors (Lipinski definition) is 2. The van der Waals surface area contributed by atoms with Crippen LogP contribution in [0.3, 0.4) is 0 Å². The van der Waals surface area contributed by atoms with Crippen LogP contribution in [-0.2, 0) is 12.1 Å². The van der Waals surface area contributed by atoms with Gasteiger partial charge in [-0.15, -0.1) is 0 Å². The molecule has 0 heterocycles. The summed E-state index contributed by atoms with van der Waals surface area (Å²) in [6, 6.07) is 4.82. The van der Waals surface area contributed by atoms with Crippen LogP contribution in [0.1, 0.15) is 38.8 Å². The Kier molecular flexibility index (Phi) is 6.22. The zero-order valence-electron chi connectivity index (χ0n) is 10.8. The molecule has 1 rings (SSSR count). The van der Waals surface area contributed by atoms with E-state index in [9.17, 15) is 9.50 Å². The highest BCUT2D eigenvalue weighted by atomic mass is 19.1. The molecule has 0 fully saturated rings. The molecule has 0 atom stereocenters. The number of halogens is 1. The Hall–Kier alpha value is -0.930. The lowest BCUT2D eigenvalue weighted by molar-refractivity contribution is 0.0782. The van der Waals surface area contributed by atoms with E-state index in [4.69, 9.17) is 0 Å². The number of aliphatic hydroxyl groups is 1. The summed E-state index contributed by atoms with van der Waals surface area (Å²) in [7, 11) is 1.77. The van der Waals surface area contributed by atoms with Crippen molar-refractivity contribution in [1.82, 2.24) is 5.32 Å². The van der Waals surface area contributed by atoms with Crippen molar-refractivity contribution in [3.63, 3.8) is 0 Å². The van der Waals surface area contributed by atoms with E-state index in [2.05, 4.69) is 5.32 Å². The zero-order chi connectivity index (χ0) is 12.8. The van der Waals surface area contributed by atoms with E-state index in [-0.39, 0.29) is 5.82 Å². The fourth-order valence-electron chi connectivity index (χ4n) is 1.26. The van der Waals surface area contributed by atoms with Crippen LogP contribution in [0.2, 0.25) is 0 Å². The number of benzene rings is 1. The molecule has 0 aliphatic heterocycles. The molecule has 1 aromatic rings. The minimum Gasteiger partial charge on any atom is -0.386 e. The molecule has 2 N–H and O–H groups in total. The maximum absolute atomic E-state index is 13.4. The Bertz CT molecular complexity index is 318. The molecule has 0 saturated heterocycles. The average molecular weight is 227 g/mol. The first-order valence-corrected chi connectivity index (χ1v) is 5.61. The van der Waals surface area contributed by atoms with E-state index in [0.29, 0.717) is 17.7 Å². The van der Waals surface area contributed by atoms with Gasteiger partial charge in [0.1, 0.15) is 5.82 Å². The molecule has 0 amide bonds. The molecule has 16 heavy (non-hydrogen) atoms. The summed E-state index contributed by atoms with van der Waals surface area (Å²) in [4.78, 5) is 0. The molecule has 0 saturated carbocycles. The Labute approximate surface area is 97.5 Å². The second-order valence-corrected chi connectivity index (χ2v) is 3.90. The first-order chi connectivity index (χ1) is 7.45.